The third-order valence-electron chi connectivity index (χ3n) is 1.64. The van der Waals surface area contributed by atoms with Gasteiger partial charge in [-0.2, -0.15) is 0 Å². The van der Waals surface area contributed by atoms with Gasteiger partial charge in [0.15, 0.2) is 0 Å². The summed E-state index contributed by atoms with van der Waals surface area (Å²) < 4.78 is 0. The second-order valence-electron chi connectivity index (χ2n) is 2.66. The number of halogens is 1. The Morgan fingerprint density at radius 2 is 1.83 bits per heavy atom. The summed E-state index contributed by atoms with van der Waals surface area (Å²) in [5, 5.41) is 0. The van der Waals surface area contributed by atoms with Crippen molar-refractivity contribution in [2.24, 2.45) is 0 Å². The van der Waals surface area contributed by atoms with Crippen LogP contribution >= 0.6 is 12.4 Å². The molecule has 0 N–H and O–H groups in total. The monoisotopic (exact) mass is 183 g/mol. The molecule has 0 saturated heterocycles. The van der Waals surface area contributed by atoms with Crippen molar-refractivity contribution >= 4 is 24.2 Å². The Balaban J connectivity index is 0.00000121. The van der Waals surface area contributed by atoms with Gasteiger partial charge in [-0.3, -0.25) is 0 Å². The minimum Gasteiger partial charge on any atom is -0.377 e. The molecule has 0 atom stereocenters. The van der Waals surface area contributed by atoms with Crippen molar-refractivity contribution in [2.75, 3.05) is 19.0 Å². The lowest BCUT2D eigenvalue weighted by Gasteiger charge is -2.14. The van der Waals surface area contributed by atoms with Gasteiger partial charge < -0.3 is 4.90 Å². The number of nitrogens with zero attached hydrogens (tertiary/aromatic N) is 1. The fourth-order valence-electron chi connectivity index (χ4n) is 1.07. The van der Waals surface area contributed by atoms with Gasteiger partial charge in [0.05, 0.1) is 0 Å². The van der Waals surface area contributed by atoms with E-state index in [-0.39, 0.29) is 12.4 Å². The molecule has 0 unspecified atom stereocenters. The minimum atomic E-state index is 0. The Bertz CT molecular complexity index is 256. The van der Waals surface area contributed by atoms with Crippen molar-refractivity contribution in [1.29, 1.82) is 0 Å². The molecule has 0 aliphatic rings. The Morgan fingerprint density at radius 1 is 1.25 bits per heavy atom. The van der Waals surface area contributed by atoms with Crippen molar-refractivity contribution in [3.8, 4) is 0 Å². The second kappa shape index (κ2) is 4.83. The lowest BCUT2D eigenvalue weighted by Crippen LogP contribution is -2.09. The zero-order valence-corrected chi connectivity index (χ0v) is 8.27. The van der Waals surface area contributed by atoms with Gasteiger partial charge in [-0.1, -0.05) is 30.9 Å². The van der Waals surface area contributed by atoms with E-state index in [2.05, 4.69) is 23.6 Å². The molecule has 0 aliphatic carbocycles. The zero-order chi connectivity index (χ0) is 8.27. The van der Waals surface area contributed by atoms with E-state index in [1.165, 1.54) is 11.3 Å². The van der Waals surface area contributed by atoms with Crippen LogP contribution < -0.4 is 4.90 Å². The summed E-state index contributed by atoms with van der Waals surface area (Å²) in [5.41, 5.74) is 2.39. The highest BCUT2D eigenvalue weighted by molar-refractivity contribution is 5.85. The van der Waals surface area contributed by atoms with E-state index in [0.717, 1.165) is 0 Å². The van der Waals surface area contributed by atoms with E-state index in [1.807, 2.05) is 32.3 Å². The zero-order valence-electron chi connectivity index (χ0n) is 7.45. The number of hydrogen-bond donors (Lipinski definition) is 0. The van der Waals surface area contributed by atoms with Crippen LogP contribution in [-0.2, 0) is 0 Å². The Hall–Kier alpha value is -0.950. The summed E-state index contributed by atoms with van der Waals surface area (Å²) in [4.78, 5) is 2.08. The number of anilines is 1. The molecule has 12 heavy (non-hydrogen) atoms. The predicted molar refractivity (Wildman–Crippen MR) is 58.1 cm³/mol. The van der Waals surface area contributed by atoms with Gasteiger partial charge in [-0.25, -0.2) is 0 Å². The normalized spacial score (nSPS) is 8.50. The summed E-state index contributed by atoms with van der Waals surface area (Å²) >= 11 is 0. The maximum Gasteiger partial charge on any atom is 0.0434 e. The lowest BCUT2D eigenvalue weighted by atomic mass is 10.1. The molecule has 0 aliphatic heterocycles. The first-order chi connectivity index (χ1) is 5.25. The summed E-state index contributed by atoms with van der Waals surface area (Å²) in [6, 6.07) is 8.19. The first kappa shape index (κ1) is 11.1. The Labute approximate surface area is 80.1 Å². The first-order valence-corrected chi connectivity index (χ1v) is 3.64. The van der Waals surface area contributed by atoms with Crippen LogP contribution in [-0.4, -0.2) is 14.1 Å². The molecule has 0 heterocycles. The van der Waals surface area contributed by atoms with Crippen LogP contribution in [0.2, 0.25) is 0 Å². The molecule has 1 aromatic rings. The van der Waals surface area contributed by atoms with E-state index in [0.29, 0.717) is 0 Å². The first-order valence-electron chi connectivity index (χ1n) is 3.64. The smallest absolute Gasteiger partial charge is 0.0434 e. The summed E-state index contributed by atoms with van der Waals surface area (Å²) in [7, 11) is 4.06. The summed E-state index contributed by atoms with van der Waals surface area (Å²) in [5.74, 6) is 0. The van der Waals surface area contributed by atoms with E-state index in [4.69, 9.17) is 0 Å². The fourth-order valence-corrected chi connectivity index (χ4v) is 1.07. The van der Waals surface area contributed by atoms with Crippen molar-refractivity contribution in [2.45, 2.75) is 0 Å². The molecule has 1 aromatic carbocycles. The summed E-state index contributed by atoms with van der Waals surface area (Å²) in [6.07, 6.45) is 1.87. The number of benzene rings is 1. The van der Waals surface area contributed by atoms with Crippen LogP contribution in [0.5, 0.6) is 0 Å². The standard InChI is InChI=1S/C10H13N.ClH/c1-4-9-7-5-6-8-10(9)11(2)3;/h4-8H,1H2,2-3H3;1H. The Morgan fingerprint density at radius 3 is 2.25 bits per heavy atom. The third-order valence-corrected chi connectivity index (χ3v) is 1.64. The van der Waals surface area contributed by atoms with Gasteiger partial charge in [0, 0.05) is 19.8 Å². The van der Waals surface area contributed by atoms with Crippen molar-refractivity contribution in [3.63, 3.8) is 0 Å². The molecule has 0 saturated carbocycles. The molecular formula is C10H14ClN. The van der Waals surface area contributed by atoms with Crippen LogP contribution in [0.25, 0.3) is 6.08 Å². The minimum absolute atomic E-state index is 0. The van der Waals surface area contributed by atoms with Crippen molar-refractivity contribution < 1.29 is 0 Å². The van der Waals surface area contributed by atoms with E-state index < -0.39 is 0 Å². The molecule has 66 valence electrons. The Kier molecular flexibility index (Phi) is 4.45. The maximum absolute atomic E-state index is 3.75. The number of hydrogen-bond acceptors (Lipinski definition) is 1. The predicted octanol–water partition coefficient (Wildman–Crippen LogP) is 2.82. The highest BCUT2D eigenvalue weighted by Gasteiger charge is 1.97. The molecule has 1 rings (SSSR count). The molecule has 0 amide bonds. The summed E-state index contributed by atoms with van der Waals surface area (Å²) in [6.45, 7) is 3.75. The van der Waals surface area contributed by atoms with Gasteiger partial charge in [0.25, 0.3) is 0 Å². The average Bonchev–Trinajstić information content (AvgIpc) is 2.04. The van der Waals surface area contributed by atoms with Gasteiger partial charge in [0.2, 0.25) is 0 Å². The van der Waals surface area contributed by atoms with Gasteiger partial charge in [0.1, 0.15) is 0 Å². The average molecular weight is 184 g/mol. The molecule has 1 nitrogen and oxygen atoms in total. The van der Waals surface area contributed by atoms with Gasteiger partial charge >= 0.3 is 0 Å². The third kappa shape index (κ3) is 2.28. The fraction of sp³-hybridized carbons (Fsp3) is 0.200. The van der Waals surface area contributed by atoms with E-state index in [9.17, 15) is 0 Å². The van der Waals surface area contributed by atoms with E-state index >= 15 is 0 Å². The lowest BCUT2D eigenvalue weighted by molar-refractivity contribution is 1.13. The van der Waals surface area contributed by atoms with Crippen molar-refractivity contribution in [3.05, 3.63) is 36.4 Å². The molecule has 2 heteroatoms. The SMILES string of the molecule is C=Cc1ccccc1N(C)C.Cl. The number of para-hydroxylation sites is 1. The van der Waals surface area contributed by atoms with Crippen LogP contribution in [0, 0.1) is 0 Å². The van der Waals surface area contributed by atoms with Crippen molar-refractivity contribution in [1.82, 2.24) is 0 Å². The molecule has 0 bridgehead atoms. The molecule has 0 radical (unpaired) electrons. The second-order valence-corrected chi connectivity index (χ2v) is 2.66. The topological polar surface area (TPSA) is 3.24 Å². The van der Waals surface area contributed by atoms with Crippen LogP contribution in [0.1, 0.15) is 5.56 Å². The number of rotatable bonds is 2. The van der Waals surface area contributed by atoms with Gasteiger partial charge in [-0.05, 0) is 11.6 Å². The molecule has 0 spiro atoms. The quantitative estimate of drug-likeness (QED) is 0.682. The maximum atomic E-state index is 3.75. The highest BCUT2D eigenvalue weighted by Crippen LogP contribution is 2.18. The molecular weight excluding hydrogens is 170 g/mol. The van der Waals surface area contributed by atoms with Crippen LogP contribution in [0.4, 0.5) is 5.69 Å². The van der Waals surface area contributed by atoms with E-state index in [1.54, 1.807) is 0 Å². The molecule has 0 aromatic heterocycles. The largest absolute Gasteiger partial charge is 0.377 e. The highest BCUT2D eigenvalue weighted by atomic mass is 35.5. The van der Waals surface area contributed by atoms with Crippen LogP contribution in [0.15, 0.2) is 30.8 Å². The van der Waals surface area contributed by atoms with Gasteiger partial charge in [-0.15, -0.1) is 12.4 Å². The molecule has 0 fully saturated rings. The van der Waals surface area contributed by atoms with Crippen LogP contribution in [0.3, 0.4) is 0 Å².